The number of anilines is 1. The van der Waals surface area contributed by atoms with Crippen LogP contribution >= 0.6 is 0 Å². The first-order valence-electron chi connectivity index (χ1n) is 7.44. The second-order valence-electron chi connectivity index (χ2n) is 5.39. The van der Waals surface area contributed by atoms with Gasteiger partial charge in [0.1, 0.15) is 0 Å². The van der Waals surface area contributed by atoms with E-state index in [1.807, 2.05) is 0 Å². The summed E-state index contributed by atoms with van der Waals surface area (Å²) in [4.78, 5) is 27.8. The summed E-state index contributed by atoms with van der Waals surface area (Å²) in [6.07, 6.45) is 0. The van der Waals surface area contributed by atoms with Crippen LogP contribution in [0.3, 0.4) is 0 Å². The number of likely N-dealkylation sites (N-methyl/N-ethyl adjacent to an activating group) is 1. The Morgan fingerprint density at radius 2 is 1.59 bits per heavy atom. The van der Waals surface area contributed by atoms with Crippen molar-refractivity contribution in [1.29, 1.82) is 0 Å². The Kier molecular flexibility index (Phi) is 7.51. The highest BCUT2D eigenvalue weighted by atomic mass is 35.5. The number of nitrogens with zero attached hydrogens (tertiary/aromatic N) is 2. The zero-order chi connectivity index (χ0) is 15.2. The number of amides is 1. The lowest BCUT2D eigenvalue weighted by molar-refractivity contribution is -0.117. The summed E-state index contributed by atoms with van der Waals surface area (Å²) in [7, 11) is 0. The minimum atomic E-state index is -0.00414. The molecule has 1 heterocycles. The number of halogens is 1. The molecule has 0 spiro atoms. The van der Waals surface area contributed by atoms with Gasteiger partial charge in [0, 0.05) is 37.4 Å². The van der Waals surface area contributed by atoms with Crippen LogP contribution in [0.4, 0.5) is 5.69 Å². The topological polar surface area (TPSA) is 52.6 Å². The molecule has 5 nitrogen and oxygen atoms in total. The molecule has 1 aromatic carbocycles. The fourth-order valence-corrected chi connectivity index (χ4v) is 2.46. The van der Waals surface area contributed by atoms with Gasteiger partial charge in [-0.3, -0.25) is 14.5 Å². The van der Waals surface area contributed by atoms with Crippen LogP contribution in [0.25, 0.3) is 0 Å². The number of ketones is 1. The van der Waals surface area contributed by atoms with Crippen LogP contribution < -0.4 is 17.7 Å². The molecule has 6 heteroatoms. The molecule has 1 saturated heterocycles. The van der Waals surface area contributed by atoms with E-state index in [2.05, 4.69) is 22.0 Å². The molecule has 0 atom stereocenters. The lowest BCUT2D eigenvalue weighted by Gasteiger charge is -2.33. The summed E-state index contributed by atoms with van der Waals surface area (Å²) in [6.45, 7) is 9.11. The average molecular weight is 325 g/mol. The van der Waals surface area contributed by atoms with Crippen molar-refractivity contribution in [3.8, 4) is 0 Å². The number of nitrogens with one attached hydrogen (secondary N) is 1. The summed E-state index contributed by atoms with van der Waals surface area (Å²) in [5.41, 5.74) is 1.39. The molecule has 0 bridgehead atoms. The van der Waals surface area contributed by atoms with Gasteiger partial charge in [-0.1, -0.05) is 6.92 Å². The number of piperazine rings is 1. The Bertz CT molecular complexity index is 497. The van der Waals surface area contributed by atoms with Gasteiger partial charge in [-0.2, -0.15) is 0 Å². The monoisotopic (exact) mass is 324 g/mol. The number of Topliss-reactive ketones (excluding diaryl/α,β-unsaturated/α-hetero) is 1. The van der Waals surface area contributed by atoms with Crippen LogP contribution in [0.2, 0.25) is 0 Å². The van der Waals surface area contributed by atoms with Crippen molar-refractivity contribution in [2.24, 2.45) is 0 Å². The zero-order valence-corrected chi connectivity index (χ0v) is 13.9. The van der Waals surface area contributed by atoms with Crippen LogP contribution in [0.15, 0.2) is 24.3 Å². The number of carbonyl (C=O) groups excluding carboxylic acids is 2. The van der Waals surface area contributed by atoms with Gasteiger partial charge in [-0.25, -0.2) is 0 Å². The molecule has 0 saturated carbocycles. The molecule has 0 aromatic heterocycles. The second kappa shape index (κ2) is 8.88. The van der Waals surface area contributed by atoms with E-state index in [0.717, 1.165) is 38.4 Å². The van der Waals surface area contributed by atoms with E-state index >= 15 is 0 Å². The molecule has 1 aliphatic rings. The van der Waals surface area contributed by atoms with Gasteiger partial charge in [0.25, 0.3) is 0 Å². The minimum absolute atomic E-state index is 0. The molecule has 1 aromatic rings. The quantitative estimate of drug-likeness (QED) is 0.668. The third-order valence-electron chi connectivity index (χ3n) is 3.85. The number of carbonyl (C=O) groups is 2. The molecular formula is C16H23ClN3O2-. The van der Waals surface area contributed by atoms with E-state index in [0.29, 0.717) is 12.1 Å². The van der Waals surface area contributed by atoms with Crippen LogP contribution in [0.1, 0.15) is 24.2 Å². The molecule has 1 amide bonds. The van der Waals surface area contributed by atoms with E-state index < -0.39 is 0 Å². The van der Waals surface area contributed by atoms with Crippen LogP contribution in [0.5, 0.6) is 0 Å². The predicted molar refractivity (Wildman–Crippen MR) is 83.6 cm³/mol. The van der Waals surface area contributed by atoms with Gasteiger partial charge in [-0.05, 0) is 37.7 Å². The summed E-state index contributed by atoms with van der Waals surface area (Å²) < 4.78 is 0. The molecule has 1 aliphatic heterocycles. The van der Waals surface area contributed by atoms with Gasteiger partial charge in [0.05, 0.1) is 6.54 Å². The Morgan fingerprint density at radius 1 is 1.05 bits per heavy atom. The molecule has 22 heavy (non-hydrogen) atoms. The number of hydrogen-bond acceptors (Lipinski definition) is 4. The summed E-state index contributed by atoms with van der Waals surface area (Å²) in [6, 6.07) is 7.00. The van der Waals surface area contributed by atoms with E-state index in [-0.39, 0.29) is 24.1 Å². The SMILES string of the molecule is CCN1CCN(CC(=O)Nc2ccc(C(C)=O)cc2)CC1.[Cl-]. The molecule has 2 rings (SSSR count). The number of benzene rings is 1. The maximum absolute atomic E-state index is 12.0. The van der Waals surface area contributed by atoms with Crippen LogP contribution in [0, 0.1) is 0 Å². The smallest absolute Gasteiger partial charge is 0.238 e. The van der Waals surface area contributed by atoms with Gasteiger partial charge < -0.3 is 22.6 Å². The van der Waals surface area contributed by atoms with Crippen molar-refractivity contribution in [1.82, 2.24) is 9.80 Å². The molecular weight excluding hydrogens is 302 g/mol. The summed E-state index contributed by atoms with van der Waals surface area (Å²) in [5, 5.41) is 2.88. The lowest BCUT2D eigenvalue weighted by Crippen LogP contribution is -3.00. The van der Waals surface area contributed by atoms with E-state index in [4.69, 9.17) is 0 Å². The first kappa shape index (κ1) is 18.6. The summed E-state index contributed by atoms with van der Waals surface area (Å²) in [5.74, 6) is 0.0252. The van der Waals surface area contributed by atoms with Gasteiger partial charge >= 0.3 is 0 Å². The Labute approximate surface area is 138 Å². The highest BCUT2D eigenvalue weighted by molar-refractivity contribution is 5.96. The predicted octanol–water partition coefficient (Wildman–Crippen LogP) is -1.53. The van der Waals surface area contributed by atoms with E-state index in [1.54, 1.807) is 24.3 Å². The van der Waals surface area contributed by atoms with Gasteiger partial charge in [0.15, 0.2) is 5.78 Å². The maximum Gasteiger partial charge on any atom is 0.238 e. The van der Waals surface area contributed by atoms with E-state index in [1.165, 1.54) is 6.92 Å². The zero-order valence-electron chi connectivity index (χ0n) is 13.1. The Morgan fingerprint density at radius 3 is 2.09 bits per heavy atom. The second-order valence-corrected chi connectivity index (χ2v) is 5.39. The van der Waals surface area contributed by atoms with Crippen molar-refractivity contribution in [2.45, 2.75) is 13.8 Å². The largest absolute Gasteiger partial charge is 1.00 e. The molecule has 0 aliphatic carbocycles. The molecule has 1 N–H and O–H groups in total. The first-order chi connectivity index (χ1) is 10.1. The standard InChI is InChI=1S/C16H23N3O2.ClH/c1-3-18-8-10-19(11-9-18)12-16(21)17-15-6-4-14(5-7-15)13(2)20;/h4-7H,3,8-12H2,1-2H3,(H,17,21);1H/p-1. The molecule has 122 valence electrons. The molecule has 1 fully saturated rings. The Balaban J connectivity index is 0.00000242. The van der Waals surface area contributed by atoms with Crippen molar-refractivity contribution >= 4 is 17.4 Å². The minimum Gasteiger partial charge on any atom is -1.00 e. The third kappa shape index (κ3) is 5.40. The van der Waals surface area contributed by atoms with Crippen molar-refractivity contribution in [3.05, 3.63) is 29.8 Å². The number of rotatable bonds is 5. The number of hydrogen-bond donors (Lipinski definition) is 1. The van der Waals surface area contributed by atoms with Gasteiger partial charge in [-0.15, -0.1) is 0 Å². The summed E-state index contributed by atoms with van der Waals surface area (Å²) >= 11 is 0. The van der Waals surface area contributed by atoms with Gasteiger partial charge in [0.2, 0.25) is 5.91 Å². The lowest BCUT2D eigenvalue weighted by atomic mass is 10.1. The van der Waals surface area contributed by atoms with Crippen molar-refractivity contribution in [3.63, 3.8) is 0 Å². The average Bonchev–Trinajstić information content (AvgIpc) is 2.48. The van der Waals surface area contributed by atoms with Crippen molar-refractivity contribution < 1.29 is 22.0 Å². The first-order valence-corrected chi connectivity index (χ1v) is 7.44. The molecule has 0 radical (unpaired) electrons. The van der Waals surface area contributed by atoms with Crippen LogP contribution in [-0.2, 0) is 4.79 Å². The molecule has 0 unspecified atom stereocenters. The highest BCUT2D eigenvalue weighted by Crippen LogP contribution is 2.10. The Hall–Kier alpha value is -1.43. The van der Waals surface area contributed by atoms with Crippen LogP contribution in [-0.4, -0.2) is 60.8 Å². The van der Waals surface area contributed by atoms with E-state index in [9.17, 15) is 9.59 Å². The highest BCUT2D eigenvalue weighted by Gasteiger charge is 2.17. The maximum atomic E-state index is 12.0. The van der Waals surface area contributed by atoms with Crippen molar-refractivity contribution in [2.75, 3.05) is 44.6 Å². The normalized spacial score (nSPS) is 15.9. The third-order valence-corrected chi connectivity index (χ3v) is 3.85. The fraction of sp³-hybridized carbons (Fsp3) is 0.500. The fourth-order valence-electron chi connectivity index (χ4n) is 2.46.